The van der Waals surface area contributed by atoms with E-state index in [0.29, 0.717) is 0 Å². The van der Waals surface area contributed by atoms with Crippen LogP contribution in [0.5, 0.6) is 0 Å². The summed E-state index contributed by atoms with van der Waals surface area (Å²) in [6.45, 7) is 2.09. The molecule has 0 unspecified atom stereocenters. The van der Waals surface area contributed by atoms with Crippen molar-refractivity contribution in [3.05, 3.63) is 78.0 Å². The summed E-state index contributed by atoms with van der Waals surface area (Å²) < 4.78 is 13.2. The van der Waals surface area contributed by atoms with Gasteiger partial charge in [-0.15, -0.1) is 0 Å². The minimum Gasteiger partial charge on any atom is -0.393 e. The lowest BCUT2D eigenvalue weighted by atomic mass is 9.92. The van der Waals surface area contributed by atoms with E-state index in [-0.39, 0.29) is 5.82 Å². The molecule has 0 atom stereocenters. The number of nitrogens with one attached hydrogen (secondary N) is 1. The summed E-state index contributed by atoms with van der Waals surface area (Å²) in [5, 5.41) is 3.09. The Morgan fingerprint density at radius 1 is 1.05 bits per heavy atom. The van der Waals surface area contributed by atoms with Gasteiger partial charge in [-0.3, -0.25) is 4.98 Å². The van der Waals surface area contributed by atoms with E-state index in [9.17, 15) is 4.39 Å². The predicted octanol–water partition coefficient (Wildman–Crippen LogP) is 4.27. The number of pyridine rings is 1. The van der Waals surface area contributed by atoms with Crippen molar-refractivity contribution in [2.24, 2.45) is 0 Å². The molecule has 0 bridgehead atoms. The minimum absolute atomic E-state index is 0.224. The number of aromatic nitrogens is 1. The maximum Gasteiger partial charge on any atom is 0.123 e. The van der Waals surface area contributed by atoms with E-state index in [1.54, 1.807) is 12.4 Å². The summed E-state index contributed by atoms with van der Waals surface area (Å²) in [5.74, 6) is -0.224. The van der Waals surface area contributed by atoms with Crippen molar-refractivity contribution < 1.29 is 4.39 Å². The third kappa shape index (κ3) is 3.78. The Labute approximate surface area is 125 Å². The number of halogens is 1. The molecule has 0 radical (unpaired) electrons. The molecule has 0 saturated carbocycles. The Balaban J connectivity index is 2.51. The molecule has 3 heteroatoms. The fourth-order valence-corrected chi connectivity index (χ4v) is 2.21. The number of nitrogens with zero attached hydrogens (tertiary/aromatic N) is 1. The van der Waals surface area contributed by atoms with Gasteiger partial charge in [0.1, 0.15) is 5.82 Å². The summed E-state index contributed by atoms with van der Waals surface area (Å²) >= 11 is 0. The van der Waals surface area contributed by atoms with E-state index in [1.807, 2.05) is 37.5 Å². The van der Waals surface area contributed by atoms with Crippen LogP contribution in [0.15, 0.2) is 61.1 Å². The monoisotopic (exact) mass is 282 g/mol. The van der Waals surface area contributed by atoms with Gasteiger partial charge in [-0.2, -0.15) is 0 Å². The molecule has 2 rings (SSSR count). The van der Waals surface area contributed by atoms with E-state index in [2.05, 4.69) is 23.3 Å². The second-order valence-corrected chi connectivity index (χ2v) is 4.62. The zero-order valence-electron chi connectivity index (χ0n) is 12.3. The first kappa shape index (κ1) is 15.0. The van der Waals surface area contributed by atoms with Crippen LogP contribution in [0.1, 0.15) is 24.5 Å². The molecule has 108 valence electrons. The molecule has 0 aliphatic rings. The predicted molar refractivity (Wildman–Crippen MR) is 85.9 cm³/mol. The van der Waals surface area contributed by atoms with Crippen molar-refractivity contribution in [1.29, 1.82) is 0 Å². The van der Waals surface area contributed by atoms with Crippen molar-refractivity contribution in [1.82, 2.24) is 10.3 Å². The Bertz CT molecular complexity index is 628. The van der Waals surface area contributed by atoms with E-state index >= 15 is 0 Å². The molecular formula is C18H19FN2. The van der Waals surface area contributed by atoms with Crippen LogP contribution >= 0.6 is 0 Å². The molecule has 0 aliphatic carbocycles. The first-order chi connectivity index (χ1) is 10.3. The van der Waals surface area contributed by atoms with Gasteiger partial charge < -0.3 is 5.32 Å². The molecule has 0 aliphatic heterocycles. The molecule has 1 N–H and O–H groups in total. The first-order valence-electron chi connectivity index (χ1n) is 7.00. The summed E-state index contributed by atoms with van der Waals surface area (Å²) in [7, 11) is 1.87. The zero-order valence-corrected chi connectivity index (χ0v) is 12.3. The molecule has 2 aromatic rings. The average molecular weight is 282 g/mol. The van der Waals surface area contributed by atoms with Crippen LogP contribution in [0, 0.1) is 5.82 Å². The minimum atomic E-state index is -0.224. The van der Waals surface area contributed by atoms with Crippen LogP contribution in [0.25, 0.3) is 11.1 Å². The lowest BCUT2D eigenvalue weighted by molar-refractivity contribution is 0.627. The topological polar surface area (TPSA) is 24.9 Å². The van der Waals surface area contributed by atoms with E-state index in [1.165, 1.54) is 12.1 Å². The number of allylic oxidation sites excluding steroid dienone is 3. The largest absolute Gasteiger partial charge is 0.393 e. The SMILES string of the molecule is CC/C=C(/C(=C\NC)c1ccncc1)c1ccc(F)cc1. The number of hydrogen-bond acceptors (Lipinski definition) is 2. The van der Waals surface area contributed by atoms with Crippen LogP contribution in [0.4, 0.5) is 4.39 Å². The fraction of sp³-hybridized carbons (Fsp3) is 0.167. The van der Waals surface area contributed by atoms with Gasteiger partial charge in [0.15, 0.2) is 0 Å². The molecule has 0 amide bonds. The summed E-state index contributed by atoms with van der Waals surface area (Å²) in [5.41, 5.74) is 4.21. The standard InChI is InChI=1S/C18H19FN2/c1-3-4-17(14-5-7-16(19)8-6-14)18(13-20-2)15-9-11-21-12-10-15/h4-13,20H,3H2,1-2H3/b17-4+,18-13-. The smallest absolute Gasteiger partial charge is 0.123 e. The third-order valence-electron chi connectivity index (χ3n) is 3.13. The van der Waals surface area contributed by atoms with Crippen LogP contribution in [0.3, 0.4) is 0 Å². The summed E-state index contributed by atoms with van der Waals surface area (Å²) in [6.07, 6.45) is 8.55. The number of benzene rings is 1. The molecule has 2 nitrogen and oxygen atoms in total. The maximum absolute atomic E-state index is 13.2. The van der Waals surface area contributed by atoms with Crippen molar-refractivity contribution in [3.63, 3.8) is 0 Å². The van der Waals surface area contributed by atoms with E-state index < -0.39 is 0 Å². The normalized spacial score (nSPS) is 12.3. The molecule has 0 fully saturated rings. The van der Waals surface area contributed by atoms with Gasteiger partial charge in [-0.1, -0.05) is 25.1 Å². The lowest BCUT2D eigenvalue weighted by Gasteiger charge is -2.13. The van der Waals surface area contributed by atoms with Crippen LogP contribution in [-0.2, 0) is 0 Å². The quantitative estimate of drug-likeness (QED) is 0.828. The highest BCUT2D eigenvalue weighted by Crippen LogP contribution is 2.31. The van der Waals surface area contributed by atoms with Gasteiger partial charge in [0.25, 0.3) is 0 Å². The van der Waals surface area contributed by atoms with Gasteiger partial charge in [0.05, 0.1) is 0 Å². The van der Waals surface area contributed by atoms with Gasteiger partial charge in [0.2, 0.25) is 0 Å². The van der Waals surface area contributed by atoms with Crippen molar-refractivity contribution in [3.8, 4) is 0 Å². The van der Waals surface area contributed by atoms with Gasteiger partial charge >= 0.3 is 0 Å². The highest BCUT2D eigenvalue weighted by Gasteiger charge is 2.10. The Hall–Kier alpha value is -2.42. The number of hydrogen-bond donors (Lipinski definition) is 1. The van der Waals surface area contributed by atoms with E-state index in [0.717, 1.165) is 28.7 Å². The zero-order chi connectivity index (χ0) is 15.1. The van der Waals surface area contributed by atoms with Gasteiger partial charge in [0, 0.05) is 31.2 Å². The van der Waals surface area contributed by atoms with Crippen molar-refractivity contribution in [2.75, 3.05) is 7.05 Å². The average Bonchev–Trinajstić information content (AvgIpc) is 2.53. The highest BCUT2D eigenvalue weighted by molar-refractivity contribution is 6.04. The Morgan fingerprint density at radius 3 is 2.24 bits per heavy atom. The van der Waals surface area contributed by atoms with Crippen LogP contribution < -0.4 is 5.32 Å². The van der Waals surface area contributed by atoms with Gasteiger partial charge in [-0.05, 0) is 47.4 Å². The van der Waals surface area contributed by atoms with Crippen LogP contribution in [0.2, 0.25) is 0 Å². The van der Waals surface area contributed by atoms with Crippen LogP contribution in [-0.4, -0.2) is 12.0 Å². The second kappa shape index (κ2) is 7.39. The molecule has 1 heterocycles. The Kier molecular flexibility index (Phi) is 5.27. The second-order valence-electron chi connectivity index (χ2n) is 4.62. The van der Waals surface area contributed by atoms with Crippen molar-refractivity contribution in [2.45, 2.75) is 13.3 Å². The fourth-order valence-electron chi connectivity index (χ4n) is 2.21. The number of rotatable bonds is 5. The molecule has 1 aromatic heterocycles. The summed E-state index contributed by atoms with van der Waals surface area (Å²) in [4.78, 5) is 4.06. The summed E-state index contributed by atoms with van der Waals surface area (Å²) in [6, 6.07) is 10.5. The maximum atomic E-state index is 13.2. The van der Waals surface area contributed by atoms with E-state index in [4.69, 9.17) is 0 Å². The highest BCUT2D eigenvalue weighted by atomic mass is 19.1. The molecule has 21 heavy (non-hydrogen) atoms. The molecule has 1 aromatic carbocycles. The lowest BCUT2D eigenvalue weighted by Crippen LogP contribution is -1.99. The molecule has 0 spiro atoms. The van der Waals surface area contributed by atoms with Gasteiger partial charge in [-0.25, -0.2) is 4.39 Å². The third-order valence-corrected chi connectivity index (χ3v) is 3.13. The van der Waals surface area contributed by atoms with Crippen molar-refractivity contribution >= 4 is 11.1 Å². The first-order valence-corrected chi connectivity index (χ1v) is 7.00. The Morgan fingerprint density at radius 2 is 1.67 bits per heavy atom. The molecule has 0 saturated heterocycles. The molecular weight excluding hydrogens is 263 g/mol.